The number of thiophene rings is 1. The van der Waals surface area contributed by atoms with Gasteiger partial charge in [0.25, 0.3) is 0 Å². The molecule has 0 fully saturated rings. The molecule has 0 saturated heterocycles. The average molecular weight is 318 g/mol. The summed E-state index contributed by atoms with van der Waals surface area (Å²) in [6.07, 6.45) is 2.38. The molecular formula is C13H13Cl2NO2S. The SMILES string of the molecule is CC(C)Oc1cncc(C(O)c2cc(Cl)sc2Cl)c1. The highest BCUT2D eigenvalue weighted by Gasteiger charge is 2.18. The maximum absolute atomic E-state index is 10.3. The summed E-state index contributed by atoms with van der Waals surface area (Å²) in [5, 5.41) is 10.3. The Morgan fingerprint density at radius 3 is 2.58 bits per heavy atom. The molecule has 0 radical (unpaired) electrons. The van der Waals surface area contributed by atoms with Crippen molar-refractivity contribution in [3.05, 3.63) is 44.3 Å². The number of aliphatic hydroxyl groups excluding tert-OH is 1. The lowest BCUT2D eigenvalue weighted by atomic mass is 10.1. The maximum Gasteiger partial charge on any atom is 0.138 e. The minimum Gasteiger partial charge on any atom is -0.489 e. The van der Waals surface area contributed by atoms with E-state index in [1.54, 1.807) is 24.5 Å². The molecule has 3 nitrogen and oxygen atoms in total. The van der Waals surface area contributed by atoms with Crippen molar-refractivity contribution in [2.75, 3.05) is 0 Å². The second-order valence-electron chi connectivity index (χ2n) is 4.30. The molecule has 0 aliphatic rings. The van der Waals surface area contributed by atoms with Crippen molar-refractivity contribution >= 4 is 34.5 Å². The van der Waals surface area contributed by atoms with Gasteiger partial charge in [0.15, 0.2) is 0 Å². The molecule has 2 aromatic rings. The highest BCUT2D eigenvalue weighted by atomic mass is 35.5. The molecule has 0 aliphatic heterocycles. The van der Waals surface area contributed by atoms with Gasteiger partial charge < -0.3 is 9.84 Å². The predicted octanol–water partition coefficient (Wildman–Crippen LogP) is 4.32. The summed E-state index contributed by atoms with van der Waals surface area (Å²) in [4.78, 5) is 4.06. The van der Waals surface area contributed by atoms with Crippen LogP contribution in [0, 0.1) is 0 Å². The minimum atomic E-state index is -0.862. The number of hydrogen-bond donors (Lipinski definition) is 1. The van der Waals surface area contributed by atoms with Crippen LogP contribution in [0.15, 0.2) is 24.5 Å². The lowest BCUT2D eigenvalue weighted by Crippen LogP contribution is -2.07. The van der Waals surface area contributed by atoms with E-state index in [1.807, 2.05) is 13.8 Å². The summed E-state index contributed by atoms with van der Waals surface area (Å²) < 4.78 is 6.57. The number of hydrogen-bond acceptors (Lipinski definition) is 4. The van der Waals surface area contributed by atoms with Crippen molar-refractivity contribution in [1.82, 2.24) is 4.98 Å². The summed E-state index contributed by atoms with van der Waals surface area (Å²) >= 11 is 13.1. The van der Waals surface area contributed by atoms with Crippen LogP contribution in [-0.2, 0) is 0 Å². The second-order valence-corrected chi connectivity index (χ2v) is 6.59. The van der Waals surface area contributed by atoms with E-state index in [4.69, 9.17) is 27.9 Å². The number of rotatable bonds is 4. The Hall–Kier alpha value is -0.810. The first kappa shape index (κ1) is 14.6. The quantitative estimate of drug-likeness (QED) is 0.913. The van der Waals surface area contributed by atoms with Crippen LogP contribution in [0.25, 0.3) is 0 Å². The monoisotopic (exact) mass is 317 g/mol. The fraction of sp³-hybridized carbons (Fsp3) is 0.308. The summed E-state index contributed by atoms with van der Waals surface area (Å²) in [5.41, 5.74) is 1.20. The largest absolute Gasteiger partial charge is 0.489 e. The number of pyridine rings is 1. The summed E-state index contributed by atoms with van der Waals surface area (Å²) in [7, 11) is 0. The Kier molecular flexibility index (Phi) is 4.68. The summed E-state index contributed by atoms with van der Waals surface area (Å²) in [6, 6.07) is 3.41. The molecule has 0 spiro atoms. The summed E-state index contributed by atoms with van der Waals surface area (Å²) in [6.45, 7) is 3.86. The Labute approximate surface area is 125 Å². The molecule has 0 amide bonds. The minimum absolute atomic E-state index is 0.0494. The van der Waals surface area contributed by atoms with E-state index in [9.17, 15) is 5.11 Å². The third-order valence-corrected chi connectivity index (χ3v) is 3.92. The van der Waals surface area contributed by atoms with Gasteiger partial charge in [-0.2, -0.15) is 0 Å². The molecule has 0 bridgehead atoms. The van der Waals surface area contributed by atoms with Gasteiger partial charge in [0.1, 0.15) is 16.2 Å². The van der Waals surface area contributed by atoms with Gasteiger partial charge in [-0.05, 0) is 26.0 Å². The lowest BCUT2D eigenvalue weighted by molar-refractivity contribution is 0.216. The van der Waals surface area contributed by atoms with Gasteiger partial charge in [-0.15, -0.1) is 11.3 Å². The normalized spacial score (nSPS) is 12.7. The molecule has 0 saturated carbocycles. The van der Waals surface area contributed by atoms with Crippen LogP contribution in [-0.4, -0.2) is 16.2 Å². The molecule has 2 rings (SSSR count). The molecule has 2 heterocycles. The molecule has 19 heavy (non-hydrogen) atoms. The number of aromatic nitrogens is 1. The van der Waals surface area contributed by atoms with Crippen LogP contribution in [0.1, 0.15) is 31.1 Å². The number of ether oxygens (including phenoxy) is 1. The molecular weight excluding hydrogens is 305 g/mol. The van der Waals surface area contributed by atoms with Gasteiger partial charge in [0.05, 0.1) is 16.6 Å². The van der Waals surface area contributed by atoms with Crippen LogP contribution in [0.2, 0.25) is 8.67 Å². The number of aliphatic hydroxyl groups is 1. The van der Waals surface area contributed by atoms with E-state index in [0.717, 1.165) is 0 Å². The Morgan fingerprint density at radius 2 is 2.00 bits per heavy atom. The van der Waals surface area contributed by atoms with Gasteiger partial charge in [0, 0.05) is 17.3 Å². The fourth-order valence-corrected chi connectivity index (χ4v) is 3.16. The van der Waals surface area contributed by atoms with Crippen molar-refractivity contribution in [3.8, 4) is 5.75 Å². The third kappa shape index (κ3) is 3.60. The zero-order valence-electron chi connectivity index (χ0n) is 10.4. The van der Waals surface area contributed by atoms with E-state index >= 15 is 0 Å². The van der Waals surface area contributed by atoms with E-state index < -0.39 is 6.10 Å². The number of nitrogens with zero attached hydrogens (tertiary/aromatic N) is 1. The topological polar surface area (TPSA) is 42.4 Å². The molecule has 102 valence electrons. The first-order valence-electron chi connectivity index (χ1n) is 5.71. The van der Waals surface area contributed by atoms with E-state index in [-0.39, 0.29) is 6.10 Å². The van der Waals surface area contributed by atoms with Crippen molar-refractivity contribution in [3.63, 3.8) is 0 Å². The molecule has 1 N–H and O–H groups in total. The van der Waals surface area contributed by atoms with Gasteiger partial charge >= 0.3 is 0 Å². The van der Waals surface area contributed by atoms with Crippen LogP contribution < -0.4 is 4.74 Å². The van der Waals surface area contributed by atoms with E-state index in [1.165, 1.54) is 11.3 Å². The Balaban J connectivity index is 2.28. The zero-order valence-corrected chi connectivity index (χ0v) is 12.8. The van der Waals surface area contributed by atoms with Gasteiger partial charge in [-0.3, -0.25) is 4.98 Å². The Morgan fingerprint density at radius 1 is 1.26 bits per heavy atom. The van der Waals surface area contributed by atoms with Crippen LogP contribution in [0.5, 0.6) is 5.75 Å². The van der Waals surface area contributed by atoms with E-state index in [2.05, 4.69) is 4.98 Å². The van der Waals surface area contributed by atoms with Gasteiger partial charge in [-0.1, -0.05) is 23.2 Å². The smallest absolute Gasteiger partial charge is 0.138 e. The summed E-state index contributed by atoms with van der Waals surface area (Å²) in [5.74, 6) is 0.615. The Bertz CT molecular complexity index is 572. The predicted molar refractivity (Wildman–Crippen MR) is 78.4 cm³/mol. The highest BCUT2D eigenvalue weighted by molar-refractivity contribution is 7.20. The van der Waals surface area contributed by atoms with Crippen molar-refractivity contribution < 1.29 is 9.84 Å². The van der Waals surface area contributed by atoms with Crippen LogP contribution in [0.4, 0.5) is 0 Å². The molecule has 6 heteroatoms. The molecule has 0 aromatic carbocycles. The first-order valence-corrected chi connectivity index (χ1v) is 7.29. The average Bonchev–Trinajstić information content (AvgIpc) is 2.67. The van der Waals surface area contributed by atoms with Crippen molar-refractivity contribution in [1.29, 1.82) is 0 Å². The van der Waals surface area contributed by atoms with Gasteiger partial charge in [-0.25, -0.2) is 0 Å². The van der Waals surface area contributed by atoms with E-state index in [0.29, 0.717) is 25.5 Å². The molecule has 1 unspecified atom stereocenters. The fourth-order valence-electron chi connectivity index (χ4n) is 1.64. The van der Waals surface area contributed by atoms with Gasteiger partial charge in [0.2, 0.25) is 0 Å². The second kappa shape index (κ2) is 6.09. The highest BCUT2D eigenvalue weighted by Crippen LogP contribution is 2.37. The molecule has 0 aliphatic carbocycles. The van der Waals surface area contributed by atoms with Crippen molar-refractivity contribution in [2.45, 2.75) is 26.1 Å². The zero-order chi connectivity index (χ0) is 14.0. The van der Waals surface area contributed by atoms with Crippen LogP contribution in [0.3, 0.4) is 0 Å². The number of halogens is 2. The first-order chi connectivity index (χ1) is 8.97. The molecule has 1 atom stereocenters. The third-order valence-electron chi connectivity index (χ3n) is 2.40. The standard InChI is InChI=1S/C13H13Cl2NO2S/c1-7(2)18-9-3-8(5-16-6-9)12(17)10-4-11(14)19-13(10)15/h3-7,12,17H,1-2H3. The van der Waals surface area contributed by atoms with Crippen LogP contribution >= 0.6 is 34.5 Å². The maximum atomic E-state index is 10.3. The van der Waals surface area contributed by atoms with Crippen molar-refractivity contribution in [2.24, 2.45) is 0 Å². The molecule has 2 aromatic heterocycles. The lowest BCUT2D eigenvalue weighted by Gasteiger charge is -2.13.